The van der Waals surface area contributed by atoms with Gasteiger partial charge in [0.1, 0.15) is 0 Å². The van der Waals surface area contributed by atoms with Crippen molar-refractivity contribution in [3.63, 3.8) is 0 Å². The number of piperidine rings is 1. The predicted molar refractivity (Wildman–Crippen MR) is 101 cm³/mol. The molecule has 2 amide bonds. The topological polar surface area (TPSA) is 63.6 Å². The van der Waals surface area contributed by atoms with Crippen molar-refractivity contribution < 1.29 is 14.3 Å². The fourth-order valence-electron chi connectivity index (χ4n) is 3.51. The Balaban J connectivity index is 1.43. The lowest BCUT2D eigenvalue weighted by molar-refractivity contribution is -0.126. The highest BCUT2D eigenvalue weighted by Gasteiger charge is 2.28. The normalized spacial score (nSPS) is 17.3. The molecule has 1 atom stereocenters. The van der Waals surface area contributed by atoms with Crippen molar-refractivity contribution in [1.29, 1.82) is 0 Å². The predicted octanol–water partition coefficient (Wildman–Crippen LogP) is 3.02. The van der Waals surface area contributed by atoms with E-state index in [0.29, 0.717) is 26.2 Å². The fourth-order valence-corrected chi connectivity index (χ4v) is 3.51. The van der Waals surface area contributed by atoms with E-state index in [-0.39, 0.29) is 17.9 Å². The molecule has 1 aromatic heterocycles. The van der Waals surface area contributed by atoms with Crippen molar-refractivity contribution in [3.05, 3.63) is 36.5 Å². The van der Waals surface area contributed by atoms with E-state index in [9.17, 15) is 9.59 Å². The van der Waals surface area contributed by atoms with Crippen molar-refractivity contribution >= 4 is 22.9 Å². The summed E-state index contributed by atoms with van der Waals surface area (Å²) >= 11 is 0. The van der Waals surface area contributed by atoms with Crippen LogP contribution in [0.25, 0.3) is 10.9 Å². The van der Waals surface area contributed by atoms with Gasteiger partial charge in [-0.1, -0.05) is 18.2 Å². The summed E-state index contributed by atoms with van der Waals surface area (Å²) in [5.41, 5.74) is 1.22. The van der Waals surface area contributed by atoms with Crippen LogP contribution in [0, 0.1) is 5.92 Å². The van der Waals surface area contributed by atoms with Gasteiger partial charge in [-0.15, -0.1) is 0 Å². The van der Waals surface area contributed by atoms with Gasteiger partial charge >= 0.3 is 6.09 Å². The summed E-state index contributed by atoms with van der Waals surface area (Å²) in [6.07, 6.45) is 4.31. The second-order valence-electron chi connectivity index (χ2n) is 6.70. The zero-order valence-corrected chi connectivity index (χ0v) is 15.3. The first-order chi connectivity index (χ1) is 12.7. The molecule has 1 aliphatic heterocycles. The van der Waals surface area contributed by atoms with Crippen molar-refractivity contribution in [2.75, 3.05) is 26.2 Å². The van der Waals surface area contributed by atoms with E-state index in [0.717, 1.165) is 25.8 Å². The molecule has 0 spiro atoms. The highest BCUT2D eigenvalue weighted by Crippen LogP contribution is 2.18. The lowest BCUT2D eigenvalue weighted by Gasteiger charge is -2.31. The third-order valence-corrected chi connectivity index (χ3v) is 4.87. The lowest BCUT2D eigenvalue weighted by atomic mass is 9.97. The molecule has 1 aliphatic rings. The highest BCUT2D eigenvalue weighted by atomic mass is 16.6. The molecule has 2 aromatic rings. The zero-order valence-electron chi connectivity index (χ0n) is 15.3. The van der Waals surface area contributed by atoms with Crippen LogP contribution in [0.2, 0.25) is 0 Å². The van der Waals surface area contributed by atoms with Crippen molar-refractivity contribution in [1.82, 2.24) is 14.8 Å². The van der Waals surface area contributed by atoms with Gasteiger partial charge in [0.25, 0.3) is 0 Å². The second kappa shape index (κ2) is 8.74. The average Bonchev–Trinajstić information content (AvgIpc) is 3.08. The SMILES string of the molecule is CCOC(=O)N1CCCC(C(=O)NCCCn2ccc3ccccc32)C1. The molecule has 1 aromatic carbocycles. The average molecular weight is 357 g/mol. The fraction of sp³-hybridized carbons (Fsp3) is 0.500. The van der Waals surface area contributed by atoms with E-state index in [4.69, 9.17) is 4.74 Å². The molecule has 1 fully saturated rings. The van der Waals surface area contributed by atoms with E-state index < -0.39 is 0 Å². The molecule has 2 heterocycles. The number of aryl methyl sites for hydroxylation is 1. The van der Waals surface area contributed by atoms with Gasteiger partial charge in [-0.25, -0.2) is 4.79 Å². The number of nitrogens with zero attached hydrogens (tertiary/aromatic N) is 2. The molecular formula is C20H27N3O3. The molecule has 3 rings (SSSR count). The van der Waals surface area contributed by atoms with Crippen LogP contribution in [0.3, 0.4) is 0 Å². The summed E-state index contributed by atoms with van der Waals surface area (Å²) in [7, 11) is 0. The van der Waals surface area contributed by atoms with E-state index >= 15 is 0 Å². The maximum absolute atomic E-state index is 12.4. The molecule has 1 N–H and O–H groups in total. The Morgan fingerprint density at radius 2 is 2.12 bits per heavy atom. The molecule has 6 heteroatoms. The molecule has 0 saturated carbocycles. The number of ether oxygens (including phenoxy) is 1. The molecule has 1 saturated heterocycles. The van der Waals surface area contributed by atoms with E-state index in [2.05, 4.69) is 34.3 Å². The highest BCUT2D eigenvalue weighted by molar-refractivity contribution is 5.80. The van der Waals surface area contributed by atoms with Crippen LogP contribution in [0.4, 0.5) is 4.79 Å². The molecule has 0 radical (unpaired) electrons. The minimum atomic E-state index is -0.315. The van der Waals surface area contributed by atoms with Gasteiger partial charge in [0, 0.05) is 37.9 Å². The van der Waals surface area contributed by atoms with Gasteiger partial charge in [-0.2, -0.15) is 0 Å². The first-order valence-corrected chi connectivity index (χ1v) is 9.42. The minimum Gasteiger partial charge on any atom is -0.450 e. The molecular weight excluding hydrogens is 330 g/mol. The number of fused-ring (bicyclic) bond motifs is 1. The number of benzene rings is 1. The van der Waals surface area contributed by atoms with Gasteiger partial charge in [0.15, 0.2) is 0 Å². The number of carbonyl (C=O) groups is 2. The summed E-state index contributed by atoms with van der Waals surface area (Å²) in [6.45, 7) is 4.78. The maximum atomic E-state index is 12.4. The maximum Gasteiger partial charge on any atom is 0.409 e. The Morgan fingerprint density at radius 3 is 2.96 bits per heavy atom. The van der Waals surface area contributed by atoms with Crippen LogP contribution in [0.1, 0.15) is 26.2 Å². The number of nitrogens with one attached hydrogen (secondary N) is 1. The van der Waals surface area contributed by atoms with Gasteiger partial charge in [0.05, 0.1) is 12.5 Å². The third kappa shape index (κ3) is 4.36. The number of rotatable bonds is 6. The molecule has 1 unspecified atom stereocenters. The molecule has 26 heavy (non-hydrogen) atoms. The summed E-state index contributed by atoms with van der Waals surface area (Å²) < 4.78 is 7.25. The number of carbonyl (C=O) groups excluding carboxylic acids is 2. The molecule has 0 bridgehead atoms. The van der Waals surface area contributed by atoms with Crippen LogP contribution in [-0.4, -0.2) is 47.7 Å². The molecule has 0 aliphatic carbocycles. The zero-order chi connectivity index (χ0) is 18.4. The van der Waals surface area contributed by atoms with Gasteiger partial charge in [-0.3, -0.25) is 4.79 Å². The van der Waals surface area contributed by atoms with Crippen molar-refractivity contribution in [2.24, 2.45) is 5.92 Å². The van der Waals surface area contributed by atoms with Crippen molar-refractivity contribution in [2.45, 2.75) is 32.7 Å². The first kappa shape index (κ1) is 18.3. The second-order valence-corrected chi connectivity index (χ2v) is 6.70. The number of hydrogen-bond donors (Lipinski definition) is 1. The summed E-state index contributed by atoms with van der Waals surface area (Å²) in [5, 5.41) is 4.26. The Morgan fingerprint density at radius 1 is 1.27 bits per heavy atom. The van der Waals surface area contributed by atoms with Gasteiger partial charge < -0.3 is 19.5 Å². The monoisotopic (exact) mass is 357 g/mol. The summed E-state index contributed by atoms with van der Waals surface area (Å²) in [5.74, 6) is -0.100. The Bertz CT molecular complexity index is 756. The summed E-state index contributed by atoms with van der Waals surface area (Å²) in [6, 6.07) is 10.4. The largest absolute Gasteiger partial charge is 0.450 e. The van der Waals surface area contributed by atoms with E-state index in [1.165, 1.54) is 10.9 Å². The minimum absolute atomic E-state index is 0.0383. The summed E-state index contributed by atoms with van der Waals surface area (Å²) in [4.78, 5) is 25.9. The number of para-hydroxylation sites is 1. The van der Waals surface area contributed by atoms with E-state index in [1.807, 2.05) is 12.1 Å². The molecule has 6 nitrogen and oxygen atoms in total. The number of hydrogen-bond acceptors (Lipinski definition) is 3. The van der Waals surface area contributed by atoms with Crippen LogP contribution in [0.15, 0.2) is 36.5 Å². The first-order valence-electron chi connectivity index (χ1n) is 9.42. The van der Waals surface area contributed by atoms with Gasteiger partial charge in [0.2, 0.25) is 5.91 Å². The van der Waals surface area contributed by atoms with Crippen LogP contribution < -0.4 is 5.32 Å². The standard InChI is InChI=1S/C20H27N3O3/c1-2-26-20(25)23-12-5-8-17(15-23)19(24)21-11-6-13-22-14-10-16-7-3-4-9-18(16)22/h3-4,7,9-10,14,17H,2,5-6,8,11-13,15H2,1H3,(H,21,24). The Labute approximate surface area is 154 Å². The number of amides is 2. The quantitative estimate of drug-likeness (QED) is 0.809. The van der Waals surface area contributed by atoms with E-state index in [1.54, 1.807) is 11.8 Å². The molecule has 140 valence electrons. The van der Waals surface area contributed by atoms with Crippen LogP contribution in [-0.2, 0) is 16.1 Å². The third-order valence-electron chi connectivity index (χ3n) is 4.87. The van der Waals surface area contributed by atoms with Crippen LogP contribution >= 0.6 is 0 Å². The Hall–Kier alpha value is -2.50. The van der Waals surface area contributed by atoms with Gasteiger partial charge in [-0.05, 0) is 43.7 Å². The smallest absolute Gasteiger partial charge is 0.409 e. The van der Waals surface area contributed by atoms with Crippen molar-refractivity contribution in [3.8, 4) is 0 Å². The van der Waals surface area contributed by atoms with Crippen LogP contribution in [0.5, 0.6) is 0 Å². The lowest BCUT2D eigenvalue weighted by Crippen LogP contribution is -2.45. The number of likely N-dealkylation sites (tertiary alicyclic amines) is 1. The number of aromatic nitrogens is 1. The Kier molecular flexibility index (Phi) is 6.15.